The minimum Gasteiger partial charge on any atom is -0.324 e. The topological polar surface area (TPSA) is 6.48 Å². The van der Waals surface area contributed by atoms with Crippen molar-refractivity contribution < 1.29 is 4.48 Å². The quantitative estimate of drug-likeness (QED) is 0.610. The van der Waals surface area contributed by atoms with E-state index in [1.807, 2.05) is 0 Å². The molecule has 0 aromatic rings. The Hall–Kier alpha value is -0.120. The van der Waals surface area contributed by atoms with Crippen molar-refractivity contribution in [3.8, 4) is 0 Å². The van der Waals surface area contributed by atoms with Crippen molar-refractivity contribution in [3.05, 3.63) is 0 Å². The molecule has 0 saturated carbocycles. The molecule has 0 aliphatic carbocycles. The summed E-state index contributed by atoms with van der Waals surface area (Å²) in [6.45, 7) is 6.97. The highest BCUT2D eigenvalue weighted by molar-refractivity contribution is 4.62. The van der Waals surface area contributed by atoms with Crippen molar-refractivity contribution in [2.45, 2.75) is 25.9 Å². The lowest BCUT2D eigenvalue weighted by atomic mass is 10.2. The zero-order valence-electron chi connectivity index (χ0n) is 11.9. The zero-order valence-corrected chi connectivity index (χ0v) is 11.9. The van der Waals surface area contributed by atoms with Gasteiger partial charge in [0.25, 0.3) is 0 Å². The summed E-state index contributed by atoms with van der Waals surface area (Å²) in [6.07, 6.45) is 0. The molecular weight excluding hydrogens is 186 g/mol. The van der Waals surface area contributed by atoms with Gasteiger partial charge in [-0.2, -0.15) is 0 Å². The first-order valence-electron chi connectivity index (χ1n) is 5.80. The van der Waals surface area contributed by atoms with Gasteiger partial charge >= 0.3 is 0 Å². The molecule has 3 heteroatoms. The first kappa shape index (κ1) is 14.9. The number of hydrogen-bond acceptors (Lipinski definition) is 2. The van der Waals surface area contributed by atoms with E-state index in [9.17, 15) is 0 Å². The van der Waals surface area contributed by atoms with Crippen molar-refractivity contribution in [2.24, 2.45) is 0 Å². The van der Waals surface area contributed by atoms with Crippen molar-refractivity contribution in [3.63, 3.8) is 0 Å². The van der Waals surface area contributed by atoms with Crippen LogP contribution in [0.3, 0.4) is 0 Å². The Kier molecular flexibility index (Phi) is 5.78. The Bertz CT molecular complexity index is 176. The molecule has 0 spiro atoms. The standard InChI is InChI=1S/C12H30N3/c1-11(14(5)6)10-15(7,8)12(2)9-13(3)4/h11-12H,9-10H2,1-8H3/q+1. The van der Waals surface area contributed by atoms with Crippen LogP contribution in [0.4, 0.5) is 0 Å². The molecule has 0 aliphatic rings. The van der Waals surface area contributed by atoms with E-state index < -0.39 is 0 Å². The van der Waals surface area contributed by atoms with Crippen LogP contribution in [0, 0.1) is 0 Å². The smallest absolute Gasteiger partial charge is 0.0986 e. The molecule has 0 heterocycles. The molecule has 0 N–H and O–H groups in total. The first-order valence-corrected chi connectivity index (χ1v) is 5.80. The minimum atomic E-state index is 0.629. The number of quaternary nitrogens is 1. The van der Waals surface area contributed by atoms with Gasteiger partial charge < -0.3 is 14.3 Å². The second-order valence-electron chi connectivity index (χ2n) is 5.89. The molecule has 0 radical (unpaired) electrons. The summed E-state index contributed by atoms with van der Waals surface area (Å²) in [5.41, 5.74) is 0. The highest BCUT2D eigenvalue weighted by Gasteiger charge is 2.27. The molecule has 3 nitrogen and oxygen atoms in total. The average Bonchev–Trinajstić information content (AvgIpc) is 2.01. The van der Waals surface area contributed by atoms with Crippen LogP contribution in [0.5, 0.6) is 0 Å². The maximum Gasteiger partial charge on any atom is 0.0986 e. The summed E-state index contributed by atoms with van der Waals surface area (Å²) in [5, 5.41) is 0. The van der Waals surface area contributed by atoms with Crippen LogP contribution in [0.2, 0.25) is 0 Å². The van der Waals surface area contributed by atoms with Crippen LogP contribution in [-0.2, 0) is 0 Å². The number of nitrogens with zero attached hydrogens (tertiary/aromatic N) is 3. The molecule has 0 aliphatic heterocycles. The number of hydrogen-bond donors (Lipinski definition) is 0. The van der Waals surface area contributed by atoms with Gasteiger partial charge in [0.1, 0.15) is 0 Å². The highest BCUT2D eigenvalue weighted by Crippen LogP contribution is 2.10. The molecule has 15 heavy (non-hydrogen) atoms. The van der Waals surface area contributed by atoms with Crippen LogP contribution < -0.4 is 0 Å². The van der Waals surface area contributed by atoms with E-state index in [1.54, 1.807) is 0 Å². The second kappa shape index (κ2) is 5.83. The van der Waals surface area contributed by atoms with Gasteiger partial charge in [-0.3, -0.25) is 0 Å². The van der Waals surface area contributed by atoms with Gasteiger partial charge in [-0.1, -0.05) is 0 Å². The van der Waals surface area contributed by atoms with Crippen LogP contribution in [0.15, 0.2) is 0 Å². The van der Waals surface area contributed by atoms with Gasteiger partial charge in [-0.25, -0.2) is 0 Å². The molecule has 2 unspecified atom stereocenters. The summed E-state index contributed by atoms with van der Waals surface area (Å²) in [4.78, 5) is 4.56. The summed E-state index contributed by atoms with van der Waals surface area (Å²) >= 11 is 0. The fourth-order valence-electron chi connectivity index (χ4n) is 1.77. The molecule has 0 fully saturated rings. The third kappa shape index (κ3) is 5.50. The van der Waals surface area contributed by atoms with E-state index in [4.69, 9.17) is 0 Å². The lowest BCUT2D eigenvalue weighted by Crippen LogP contribution is -2.56. The maximum atomic E-state index is 2.34. The summed E-state index contributed by atoms with van der Waals surface area (Å²) in [7, 11) is 13.3. The molecule has 92 valence electrons. The predicted octanol–water partition coefficient (Wildman–Crippen LogP) is 0.963. The fraction of sp³-hybridized carbons (Fsp3) is 1.00. The van der Waals surface area contributed by atoms with Gasteiger partial charge in [-0.15, -0.1) is 0 Å². The molecule has 0 aromatic carbocycles. The summed E-state index contributed by atoms with van der Waals surface area (Å²) in [5.74, 6) is 0. The molecule has 0 amide bonds. The van der Waals surface area contributed by atoms with E-state index in [-0.39, 0.29) is 0 Å². The highest BCUT2D eigenvalue weighted by atomic mass is 15.4. The summed E-state index contributed by atoms with van der Waals surface area (Å²) in [6, 6.07) is 1.30. The SMILES string of the molecule is CC(C[N+](C)(C)C(C)CN(C)C)N(C)C. The fourth-order valence-corrected chi connectivity index (χ4v) is 1.77. The Morgan fingerprint density at radius 3 is 1.80 bits per heavy atom. The van der Waals surface area contributed by atoms with Crippen LogP contribution >= 0.6 is 0 Å². The average molecular weight is 216 g/mol. The molecular formula is C12H30N3+. The number of rotatable bonds is 6. The lowest BCUT2D eigenvalue weighted by molar-refractivity contribution is -0.914. The maximum absolute atomic E-state index is 2.34. The Labute approximate surface area is 96.2 Å². The van der Waals surface area contributed by atoms with E-state index in [0.717, 1.165) is 11.0 Å². The molecule has 0 aromatic heterocycles. The van der Waals surface area contributed by atoms with Crippen molar-refractivity contribution in [1.82, 2.24) is 9.80 Å². The molecule has 0 saturated heterocycles. The van der Waals surface area contributed by atoms with Crippen molar-refractivity contribution >= 4 is 0 Å². The summed E-state index contributed by atoms with van der Waals surface area (Å²) < 4.78 is 1.08. The van der Waals surface area contributed by atoms with Crippen molar-refractivity contribution in [1.29, 1.82) is 0 Å². The Balaban J connectivity index is 4.27. The van der Waals surface area contributed by atoms with Crippen LogP contribution in [0.1, 0.15) is 13.8 Å². The largest absolute Gasteiger partial charge is 0.324 e. The Morgan fingerprint density at radius 1 is 1.00 bits per heavy atom. The zero-order chi connectivity index (χ0) is 12.2. The van der Waals surface area contributed by atoms with Crippen LogP contribution in [0.25, 0.3) is 0 Å². The molecule has 0 bridgehead atoms. The number of likely N-dealkylation sites (N-methyl/N-ethyl adjacent to an activating group) is 3. The van der Waals surface area contributed by atoms with E-state index in [2.05, 4.69) is 65.9 Å². The van der Waals surface area contributed by atoms with Gasteiger partial charge in [0.15, 0.2) is 0 Å². The van der Waals surface area contributed by atoms with Gasteiger partial charge in [-0.05, 0) is 42.0 Å². The van der Waals surface area contributed by atoms with Gasteiger partial charge in [0.05, 0.1) is 32.7 Å². The monoisotopic (exact) mass is 216 g/mol. The first-order chi connectivity index (χ1) is 6.66. The van der Waals surface area contributed by atoms with E-state index in [0.29, 0.717) is 12.1 Å². The predicted molar refractivity (Wildman–Crippen MR) is 68.1 cm³/mol. The van der Waals surface area contributed by atoms with E-state index >= 15 is 0 Å². The molecule has 2 atom stereocenters. The Morgan fingerprint density at radius 2 is 1.47 bits per heavy atom. The van der Waals surface area contributed by atoms with Crippen LogP contribution in [-0.4, -0.2) is 81.7 Å². The lowest BCUT2D eigenvalue weighted by Gasteiger charge is -2.40. The third-order valence-electron chi connectivity index (χ3n) is 3.44. The third-order valence-corrected chi connectivity index (χ3v) is 3.44. The van der Waals surface area contributed by atoms with Gasteiger partial charge in [0.2, 0.25) is 0 Å². The normalized spacial score (nSPS) is 17.2. The second-order valence-corrected chi connectivity index (χ2v) is 5.89. The van der Waals surface area contributed by atoms with Gasteiger partial charge in [0, 0.05) is 6.54 Å². The minimum absolute atomic E-state index is 0.629. The van der Waals surface area contributed by atoms with E-state index in [1.165, 1.54) is 6.54 Å². The van der Waals surface area contributed by atoms with Crippen molar-refractivity contribution in [2.75, 3.05) is 55.4 Å². The molecule has 0 rings (SSSR count).